The fraction of sp³-hybridized carbons (Fsp3) is 0.269. The van der Waals surface area contributed by atoms with Crippen molar-refractivity contribution in [2.75, 3.05) is 41.3 Å². The number of ether oxygens (including phenoxy) is 1. The smallest absolute Gasteiger partial charge is 0.264 e. The number of nitrogens with one attached hydrogen (secondary N) is 1. The monoisotopic (exact) mass is 513 g/mol. The van der Waals surface area contributed by atoms with Crippen molar-refractivity contribution < 1.29 is 17.9 Å². The Morgan fingerprint density at radius 1 is 1.03 bits per heavy atom. The lowest BCUT2D eigenvalue weighted by atomic mass is 10.2. The van der Waals surface area contributed by atoms with E-state index in [2.05, 4.69) is 10.2 Å². The molecule has 1 fully saturated rings. The zero-order chi connectivity index (χ0) is 25.0. The van der Waals surface area contributed by atoms with Crippen molar-refractivity contribution in [2.24, 2.45) is 0 Å². The van der Waals surface area contributed by atoms with E-state index in [-0.39, 0.29) is 16.3 Å². The summed E-state index contributed by atoms with van der Waals surface area (Å²) in [6.07, 6.45) is 2.35. The van der Waals surface area contributed by atoms with E-state index < -0.39 is 22.5 Å². The van der Waals surface area contributed by atoms with Gasteiger partial charge in [0.05, 0.1) is 17.7 Å². The predicted octanol–water partition coefficient (Wildman–Crippen LogP) is 5.09. The van der Waals surface area contributed by atoms with E-state index in [0.717, 1.165) is 28.6 Å². The summed E-state index contributed by atoms with van der Waals surface area (Å²) >= 11 is 6.19. The highest BCUT2D eigenvalue weighted by Gasteiger charge is 2.30. The Bertz CT molecular complexity index is 1290. The summed E-state index contributed by atoms with van der Waals surface area (Å²) in [4.78, 5) is 15.4. The number of halogens is 1. The number of aryl methyl sites for hydroxylation is 1. The van der Waals surface area contributed by atoms with Crippen LogP contribution < -0.4 is 19.3 Å². The van der Waals surface area contributed by atoms with Crippen molar-refractivity contribution in [3.63, 3.8) is 0 Å². The zero-order valence-electron chi connectivity index (χ0n) is 19.7. The maximum Gasteiger partial charge on any atom is 0.264 e. The van der Waals surface area contributed by atoms with Crippen LogP contribution in [0, 0.1) is 6.92 Å². The minimum atomic E-state index is -4.10. The molecule has 4 rings (SSSR count). The molecule has 35 heavy (non-hydrogen) atoms. The Labute approximate surface area is 211 Å². The Morgan fingerprint density at radius 2 is 1.69 bits per heavy atom. The first-order chi connectivity index (χ1) is 16.8. The van der Waals surface area contributed by atoms with Gasteiger partial charge in [-0.25, -0.2) is 8.42 Å². The molecule has 0 atom stereocenters. The van der Waals surface area contributed by atoms with Crippen LogP contribution in [-0.2, 0) is 14.8 Å². The van der Waals surface area contributed by atoms with Crippen LogP contribution in [0.25, 0.3) is 0 Å². The molecule has 3 aromatic rings. The highest BCUT2D eigenvalue weighted by molar-refractivity contribution is 7.92. The lowest BCUT2D eigenvalue weighted by Gasteiger charge is -2.26. The van der Waals surface area contributed by atoms with E-state index in [1.807, 2.05) is 31.2 Å². The quantitative estimate of drug-likeness (QED) is 0.454. The van der Waals surface area contributed by atoms with Gasteiger partial charge < -0.3 is 15.0 Å². The molecule has 1 aliphatic heterocycles. The number of nitrogens with zero attached hydrogens (tertiary/aromatic N) is 2. The van der Waals surface area contributed by atoms with Crippen molar-refractivity contribution in [1.29, 1.82) is 0 Å². The molecule has 0 aliphatic carbocycles. The molecule has 1 amide bonds. The first kappa shape index (κ1) is 24.9. The zero-order valence-corrected chi connectivity index (χ0v) is 21.3. The number of rotatable bonds is 8. The minimum Gasteiger partial charge on any atom is -0.495 e. The van der Waals surface area contributed by atoms with E-state index in [1.54, 1.807) is 24.3 Å². The second kappa shape index (κ2) is 10.6. The van der Waals surface area contributed by atoms with Gasteiger partial charge in [0, 0.05) is 29.5 Å². The molecule has 1 aliphatic rings. The van der Waals surface area contributed by atoms with Gasteiger partial charge in [-0.3, -0.25) is 9.10 Å². The van der Waals surface area contributed by atoms with Gasteiger partial charge in [0.25, 0.3) is 10.0 Å². The summed E-state index contributed by atoms with van der Waals surface area (Å²) in [6, 6.07) is 18.7. The summed E-state index contributed by atoms with van der Waals surface area (Å²) < 4.78 is 33.7. The fourth-order valence-corrected chi connectivity index (χ4v) is 5.65. The fourth-order valence-electron chi connectivity index (χ4n) is 4.06. The normalized spacial score (nSPS) is 13.5. The van der Waals surface area contributed by atoms with Crippen molar-refractivity contribution >= 4 is 44.6 Å². The van der Waals surface area contributed by atoms with E-state index in [9.17, 15) is 13.2 Å². The van der Waals surface area contributed by atoms with Crippen LogP contribution in [0.5, 0.6) is 5.75 Å². The third-order valence-corrected chi connectivity index (χ3v) is 7.94. The lowest BCUT2D eigenvalue weighted by molar-refractivity contribution is -0.114. The Balaban J connectivity index is 1.62. The summed E-state index contributed by atoms with van der Waals surface area (Å²) in [5.74, 6) is -0.204. The van der Waals surface area contributed by atoms with Gasteiger partial charge in [0.2, 0.25) is 5.91 Å². The minimum absolute atomic E-state index is 0.0629. The lowest BCUT2D eigenvalue weighted by Crippen LogP contribution is -2.38. The van der Waals surface area contributed by atoms with Crippen molar-refractivity contribution in [3.8, 4) is 5.75 Å². The number of amides is 1. The van der Waals surface area contributed by atoms with Crippen LogP contribution >= 0.6 is 11.6 Å². The van der Waals surface area contributed by atoms with Crippen molar-refractivity contribution in [2.45, 2.75) is 24.7 Å². The van der Waals surface area contributed by atoms with Crippen LogP contribution in [0.1, 0.15) is 18.4 Å². The topological polar surface area (TPSA) is 79.0 Å². The number of carbonyl (C=O) groups excluding carboxylic acids is 1. The van der Waals surface area contributed by atoms with Gasteiger partial charge >= 0.3 is 0 Å². The third-order valence-electron chi connectivity index (χ3n) is 5.93. The second-order valence-electron chi connectivity index (χ2n) is 8.43. The molecule has 1 N–H and O–H groups in total. The molecule has 0 radical (unpaired) electrons. The van der Waals surface area contributed by atoms with Gasteiger partial charge in [-0.05, 0) is 74.4 Å². The average Bonchev–Trinajstić information content (AvgIpc) is 3.38. The summed E-state index contributed by atoms with van der Waals surface area (Å²) in [5.41, 5.74) is 2.79. The molecule has 0 saturated carbocycles. The number of methoxy groups -OCH3 is 1. The van der Waals surface area contributed by atoms with Crippen LogP contribution in [0.4, 0.5) is 17.1 Å². The summed E-state index contributed by atoms with van der Waals surface area (Å²) in [6.45, 7) is 3.47. The molecule has 3 aromatic carbocycles. The number of hydrogen-bond acceptors (Lipinski definition) is 5. The first-order valence-electron chi connectivity index (χ1n) is 11.4. The Kier molecular flexibility index (Phi) is 7.52. The molecule has 184 valence electrons. The number of benzene rings is 3. The van der Waals surface area contributed by atoms with E-state index in [0.29, 0.717) is 10.7 Å². The van der Waals surface area contributed by atoms with Crippen molar-refractivity contribution in [3.05, 3.63) is 77.3 Å². The van der Waals surface area contributed by atoms with Crippen LogP contribution in [0.15, 0.2) is 71.6 Å². The maximum atomic E-state index is 13.6. The Hall–Kier alpha value is -3.23. The molecule has 0 bridgehead atoms. The predicted molar refractivity (Wildman–Crippen MR) is 140 cm³/mol. The molecular formula is C26H28ClN3O4S. The molecule has 0 unspecified atom stereocenters. The summed E-state index contributed by atoms with van der Waals surface area (Å²) in [7, 11) is -2.66. The maximum absolute atomic E-state index is 13.6. The molecular weight excluding hydrogens is 486 g/mol. The van der Waals surface area contributed by atoms with Crippen LogP contribution in [0.2, 0.25) is 5.02 Å². The number of hydrogen-bond donors (Lipinski definition) is 1. The number of carbonyl (C=O) groups is 1. The van der Waals surface area contributed by atoms with E-state index in [1.165, 1.54) is 38.2 Å². The van der Waals surface area contributed by atoms with Crippen molar-refractivity contribution in [1.82, 2.24) is 0 Å². The number of anilines is 3. The molecule has 1 saturated heterocycles. The van der Waals surface area contributed by atoms with Gasteiger partial charge in [0.1, 0.15) is 12.3 Å². The largest absolute Gasteiger partial charge is 0.495 e. The highest BCUT2D eigenvalue weighted by atomic mass is 35.5. The van der Waals surface area contributed by atoms with E-state index >= 15 is 0 Å². The number of sulfonamides is 1. The molecule has 7 nitrogen and oxygen atoms in total. The third kappa shape index (κ3) is 5.71. The van der Waals surface area contributed by atoms with Gasteiger partial charge in [-0.15, -0.1) is 0 Å². The van der Waals surface area contributed by atoms with Gasteiger partial charge in [-0.2, -0.15) is 0 Å². The van der Waals surface area contributed by atoms with Gasteiger partial charge in [-0.1, -0.05) is 29.3 Å². The summed E-state index contributed by atoms with van der Waals surface area (Å²) in [5, 5.41) is 3.13. The Morgan fingerprint density at radius 3 is 2.31 bits per heavy atom. The average molecular weight is 514 g/mol. The first-order valence-corrected chi connectivity index (χ1v) is 13.2. The van der Waals surface area contributed by atoms with E-state index in [4.69, 9.17) is 16.3 Å². The molecule has 0 aromatic heterocycles. The second-order valence-corrected chi connectivity index (χ2v) is 10.7. The van der Waals surface area contributed by atoms with Crippen LogP contribution in [0.3, 0.4) is 0 Å². The molecule has 0 spiro atoms. The highest BCUT2D eigenvalue weighted by Crippen LogP contribution is 2.35. The van der Waals surface area contributed by atoms with Gasteiger partial charge in [0.15, 0.2) is 0 Å². The SMILES string of the molecule is COc1ccc(Cl)cc1N(CC(=O)Nc1ccc(N2CCCC2)cc1)S(=O)(=O)c1ccc(C)cc1. The molecule has 9 heteroatoms. The van der Waals surface area contributed by atoms with Crippen LogP contribution in [-0.4, -0.2) is 41.1 Å². The standard InChI is InChI=1S/C26H28ClN3O4S/c1-19-5-12-23(13-6-19)35(32,33)30(24-17-20(27)7-14-25(24)34-2)18-26(31)28-21-8-10-22(11-9-21)29-15-3-4-16-29/h5-14,17H,3-4,15-16,18H2,1-2H3,(H,28,31). The molecule has 1 heterocycles.